The maximum absolute atomic E-state index is 12.2. The number of fused-ring (bicyclic) bond motifs is 3. The van der Waals surface area contributed by atoms with Gasteiger partial charge >= 0.3 is 5.97 Å². The fourth-order valence-electron chi connectivity index (χ4n) is 3.93. The number of ether oxygens (including phenoxy) is 3. The average molecular weight is 456 g/mol. The predicted octanol–water partition coefficient (Wildman–Crippen LogP) is 6.59. The maximum Gasteiger partial charge on any atom is 0.348 e. The Morgan fingerprint density at radius 1 is 0.788 bits per heavy atom. The van der Waals surface area contributed by atoms with E-state index in [4.69, 9.17) is 19.2 Å². The summed E-state index contributed by atoms with van der Waals surface area (Å²) in [5.74, 6) is 1.26. The topological polar surface area (TPSA) is 57.7 Å². The van der Waals surface area contributed by atoms with Crippen LogP contribution in [0.4, 0.5) is 0 Å². The Bertz CT molecular complexity index is 1470. The van der Waals surface area contributed by atoms with E-state index in [9.17, 15) is 4.79 Å². The summed E-state index contributed by atoms with van der Waals surface area (Å²) in [4.78, 5) is 17.5. The van der Waals surface area contributed by atoms with Gasteiger partial charge in [0.15, 0.2) is 0 Å². The third-order valence-corrected chi connectivity index (χ3v) is 6.82. The molecule has 0 fully saturated rings. The summed E-state index contributed by atoms with van der Waals surface area (Å²) >= 11 is 1.42. The lowest BCUT2D eigenvalue weighted by molar-refractivity contribution is 0.0606. The smallest absolute Gasteiger partial charge is 0.348 e. The molecule has 164 valence electrons. The molecule has 2 aromatic heterocycles. The molecule has 0 bridgehead atoms. The van der Waals surface area contributed by atoms with Gasteiger partial charge in [0.1, 0.15) is 16.4 Å². The molecule has 5 rings (SSSR count). The largest absolute Gasteiger partial charge is 0.497 e. The number of nitrogens with zero attached hydrogens (tertiary/aromatic N) is 1. The molecule has 0 radical (unpaired) electrons. The molecule has 6 heteroatoms. The lowest BCUT2D eigenvalue weighted by Gasteiger charge is -2.12. The van der Waals surface area contributed by atoms with Gasteiger partial charge in [0, 0.05) is 27.2 Å². The minimum Gasteiger partial charge on any atom is -0.497 e. The van der Waals surface area contributed by atoms with Crippen molar-refractivity contribution in [3.8, 4) is 33.8 Å². The van der Waals surface area contributed by atoms with Gasteiger partial charge in [-0.2, -0.15) is 0 Å². The Morgan fingerprint density at radius 2 is 1.42 bits per heavy atom. The first kappa shape index (κ1) is 21.0. The van der Waals surface area contributed by atoms with Gasteiger partial charge in [0.05, 0.1) is 26.8 Å². The zero-order valence-electron chi connectivity index (χ0n) is 18.4. The van der Waals surface area contributed by atoms with Crippen LogP contribution in [-0.4, -0.2) is 32.3 Å². The number of rotatable bonds is 5. The van der Waals surface area contributed by atoms with Crippen molar-refractivity contribution in [2.75, 3.05) is 21.3 Å². The minimum atomic E-state index is -0.342. The molecular formula is C27H21NO4S. The highest BCUT2D eigenvalue weighted by Gasteiger charge is 2.16. The monoisotopic (exact) mass is 455 g/mol. The zero-order valence-corrected chi connectivity index (χ0v) is 19.2. The van der Waals surface area contributed by atoms with Crippen molar-refractivity contribution in [2.24, 2.45) is 0 Å². The SMILES string of the molecule is COC(=O)c1cc2cnc3c(-c4ccc(OC)cc4)cc(-c4ccc(OC)cc4)cc3c2s1. The second kappa shape index (κ2) is 8.56. The average Bonchev–Trinajstić information content (AvgIpc) is 3.33. The van der Waals surface area contributed by atoms with Gasteiger partial charge in [0.25, 0.3) is 0 Å². The van der Waals surface area contributed by atoms with Gasteiger partial charge in [-0.05, 0) is 59.2 Å². The van der Waals surface area contributed by atoms with E-state index in [1.54, 1.807) is 14.2 Å². The minimum absolute atomic E-state index is 0.342. The molecule has 0 spiro atoms. The Labute approximate surface area is 195 Å². The number of carbonyl (C=O) groups excluding carboxylic acids is 1. The second-order valence-electron chi connectivity index (χ2n) is 7.52. The summed E-state index contributed by atoms with van der Waals surface area (Å²) in [5.41, 5.74) is 5.04. The summed E-state index contributed by atoms with van der Waals surface area (Å²) in [6.45, 7) is 0. The van der Waals surface area contributed by atoms with Crippen molar-refractivity contribution in [1.29, 1.82) is 0 Å². The van der Waals surface area contributed by atoms with Crippen LogP contribution in [0.2, 0.25) is 0 Å². The van der Waals surface area contributed by atoms with Crippen LogP contribution in [0.3, 0.4) is 0 Å². The molecular weight excluding hydrogens is 434 g/mol. The number of methoxy groups -OCH3 is 3. The van der Waals surface area contributed by atoms with Gasteiger partial charge in [-0.25, -0.2) is 4.79 Å². The molecule has 3 aromatic carbocycles. The molecule has 5 nitrogen and oxygen atoms in total. The summed E-state index contributed by atoms with van der Waals surface area (Å²) in [5, 5.41) is 1.91. The van der Waals surface area contributed by atoms with Crippen LogP contribution in [0.25, 0.3) is 43.2 Å². The van der Waals surface area contributed by atoms with E-state index in [1.165, 1.54) is 18.4 Å². The highest BCUT2D eigenvalue weighted by molar-refractivity contribution is 7.21. The fraction of sp³-hybridized carbons (Fsp3) is 0.111. The molecule has 0 saturated carbocycles. The van der Waals surface area contributed by atoms with Crippen molar-refractivity contribution >= 4 is 38.3 Å². The molecule has 0 amide bonds. The first-order chi connectivity index (χ1) is 16.1. The number of hydrogen-bond acceptors (Lipinski definition) is 6. The molecule has 0 atom stereocenters. The van der Waals surface area contributed by atoms with Crippen LogP contribution < -0.4 is 9.47 Å². The standard InChI is InChI=1S/C27H21NO4S/c1-30-20-8-4-16(5-9-20)18-12-22(17-6-10-21(31-2)11-7-17)25-23(13-18)26-19(15-28-25)14-24(33-26)27(29)32-3/h4-15H,1-3H3. The van der Waals surface area contributed by atoms with Crippen LogP contribution in [0.15, 0.2) is 72.9 Å². The number of aromatic nitrogens is 1. The number of benzene rings is 3. The van der Waals surface area contributed by atoms with Crippen molar-refractivity contribution in [1.82, 2.24) is 4.98 Å². The van der Waals surface area contributed by atoms with Gasteiger partial charge in [-0.3, -0.25) is 4.98 Å². The van der Waals surface area contributed by atoms with E-state index in [-0.39, 0.29) is 5.97 Å². The Kier molecular flexibility index (Phi) is 5.44. The predicted molar refractivity (Wildman–Crippen MR) is 132 cm³/mol. The third kappa shape index (κ3) is 3.79. The lowest BCUT2D eigenvalue weighted by Crippen LogP contribution is -1.96. The van der Waals surface area contributed by atoms with Crippen LogP contribution in [0, 0.1) is 0 Å². The van der Waals surface area contributed by atoms with Gasteiger partial charge < -0.3 is 14.2 Å². The normalized spacial score (nSPS) is 11.0. The first-order valence-corrected chi connectivity index (χ1v) is 11.2. The van der Waals surface area contributed by atoms with Crippen LogP contribution in [-0.2, 0) is 4.74 Å². The van der Waals surface area contributed by atoms with Crippen molar-refractivity contribution in [3.63, 3.8) is 0 Å². The maximum atomic E-state index is 12.2. The van der Waals surface area contributed by atoms with E-state index in [1.807, 2.05) is 60.8 Å². The van der Waals surface area contributed by atoms with Crippen LogP contribution in [0.1, 0.15) is 9.67 Å². The van der Waals surface area contributed by atoms with Crippen molar-refractivity contribution < 1.29 is 19.0 Å². The Balaban J connectivity index is 1.79. The number of esters is 1. The van der Waals surface area contributed by atoms with E-state index in [0.29, 0.717) is 4.88 Å². The number of pyridine rings is 1. The van der Waals surface area contributed by atoms with Gasteiger partial charge in [-0.15, -0.1) is 11.3 Å². The summed E-state index contributed by atoms with van der Waals surface area (Å²) in [6, 6.07) is 22.1. The summed E-state index contributed by atoms with van der Waals surface area (Å²) in [6.07, 6.45) is 1.82. The van der Waals surface area contributed by atoms with Crippen LogP contribution >= 0.6 is 11.3 Å². The lowest BCUT2D eigenvalue weighted by atomic mass is 9.95. The van der Waals surface area contributed by atoms with Gasteiger partial charge in [-0.1, -0.05) is 24.3 Å². The molecule has 33 heavy (non-hydrogen) atoms. The number of hydrogen-bond donors (Lipinski definition) is 0. The Morgan fingerprint density at radius 3 is 2.03 bits per heavy atom. The third-order valence-electron chi connectivity index (χ3n) is 5.66. The molecule has 2 heterocycles. The highest BCUT2D eigenvalue weighted by Crippen LogP contribution is 2.39. The summed E-state index contributed by atoms with van der Waals surface area (Å²) in [7, 11) is 4.71. The van der Waals surface area contributed by atoms with E-state index >= 15 is 0 Å². The van der Waals surface area contributed by atoms with Crippen LogP contribution in [0.5, 0.6) is 11.5 Å². The number of thiophene rings is 1. The van der Waals surface area contributed by atoms with Gasteiger partial charge in [0.2, 0.25) is 0 Å². The van der Waals surface area contributed by atoms with Crippen molar-refractivity contribution in [3.05, 3.63) is 77.8 Å². The van der Waals surface area contributed by atoms with E-state index in [2.05, 4.69) is 12.1 Å². The van der Waals surface area contributed by atoms with E-state index < -0.39 is 0 Å². The Hall–Kier alpha value is -3.90. The quantitative estimate of drug-likeness (QED) is 0.280. The zero-order chi connectivity index (χ0) is 22.9. The van der Waals surface area contributed by atoms with E-state index in [0.717, 1.165) is 54.7 Å². The summed E-state index contributed by atoms with van der Waals surface area (Å²) < 4.78 is 16.6. The molecule has 0 unspecified atom stereocenters. The first-order valence-electron chi connectivity index (χ1n) is 10.3. The molecule has 0 aliphatic carbocycles. The molecule has 0 N–H and O–H groups in total. The van der Waals surface area contributed by atoms with Crippen molar-refractivity contribution in [2.45, 2.75) is 0 Å². The number of carbonyl (C=O) groups is 1. The molecule has 0 saturated heterocycles. The second-order valence-corrected chi connectivity index (χ2v) is 8.57. The molecule has 0 aliphatic heterocycles. The molecule has 5 aromatic rings. The highest BCUT2D eigenvalue weighted by atomic mass is 32.1. The molecule has 0 aliphatic rings. The fourth-order valence-corrected chi connectivity index (χ4v) is 5.00.